The molecular weight excluding hydrogens is 514 g/mol. The van der Waals surface area contributed by atoms with Gasteiger partial charge in [0.25, 0.3) is 0 Å². The maximum absolute atomic E-state index is 12.6. The average Bonchev–Trinajstić information content (AvgIpc) is 2.80. The Hall–Kier alpha value is -2.20. The van der Waals surface area contributed by atoms with Crippen LogP contribution >= 0.6 is 24.8 Å². The number of aliphatic imine (C=N–C) groups is 1. The number of alkyl halides is 3. The standard InChI is InChI=1S/C25H32F3N5O.2ClH/c1-24(29-2)20-8-4-5-9-21(20)32-23(33-24)31-19-13-11-17(12-14-19)15-30-16-18-7-3-6-10-22(18)34-25(26,27)28;;/h3-10,17,19,29-30H,11-16H2,1-2H3,(H2,31,32,33);2*1H. The van der Waals surface area contributed by atoms with E-state index in [0.29, 0.717) is 18.0 Å². The van der Waals surface area contributed by atoms with E-state index in [1.54, 1.807) is 18.2 Å². The fourth-order valence-electron chi connectivity index (χ4n) is 4.70. The average molecular weight is 548 g/mol. The molecular formula is C25H34Cl2F3N5O. The second-order valence-corrected chi connectivity index (χ2v) is 9.11. The molecule has 4 N–H and O–H groups in total. The molecule has 0 bridgehead atoms. The van der Waals surface area contributed by atoms with E-state index >= 15 is 0 Å². The van der Waals surface area contributed by atoms with Crippen molar-refractivity contribution in [2.45, 2.75) is 57.2 Å². The number of halogens is 5. The second-order valence-electron chi connectivity index (χ2n) is 9.11. The Kier molecular flexibility index (Phi) is 10.7. The summed E-state index contributed by atoms with van der Waals surface area (Å²) in [6, 6.07) is 14.7. The van der Waals surface area contributed by atoms with Crippen LogP contribution in [0.1, 0.15) is 43.7 Å². The van der Waals surface area contributed by atoms with E-state index in [-0.39, 0.29) is 36.6 Å². The first-order valence-corrected chi connectivity index (χ1v) is 11.7. The van der Waals surface area contributed by atoms with Crippen molar-refractivity contribution < 1.29 is 17.9 Å². The molecule has 2 aromatic rings. The molecule has 1 saturated carbocycles. The molecule has 6 nitrogen and oxygen atoms in total. The molecule has 1 aliphatic heterocycles. The number of hydrogen-bond acceptors (Lipinski definition) is 4. The summed E-state index contributed by atoms with van der Waals surface area (Å²) in [5.74, 6) is 1.10. The molecule has 1 heterocycles. The third kappa shape index (κ3) is 7.65. The topological polar surface area (TPSA) is 69.7 Å². The van der Waals surface area contributed by atoms with E-state index in [1.807, 2.05) is 19.2 Å². The largest absolute Gasteiger partial charge is 0.573 e. The number of nitrogens with zero attached hydrogens (tertiary/aromatic N) is 1. The predicted octanol–water partition coefficient (Wildman–Crippen LogP) is 5.54. The van der Waals surface area contributed by atoms with Gasteiger partial charge in [-0.25, -0.2) is 4.99 Å². The number of hydrogen-bond donors (Lipinski definition) is 4. The van der Waals surface area contributed by atoms with Gasteiger partial charge in [-0.2, -0.15) is 0 Å². The Morgan fingerprint density at radius 1 is 1.03 bits per heavy atom. The molecule has 200 valence electrons. The highest BCUT2D eigenvalue weighted by Crippen LogP contribution is 2.31. The first-order valence-electron chi connectivity index (χ1n) is 11.7. The first-order chi connectivity index (χ1) is 16.3. The normalized spacial score (nSPS) is 24.4. The number of fused-ring (bicyclic) bond motifs is 1. The molecule has 1 atom stereocenters. The van der Waals surface area contributed by atoms with E-state index in [2.05, 4.69) is 45.1 Å². The van der Waals surface area contributed by atoms with Crippen molar-refractivity contribution in [2.24, 2.45) is 10.9 Å². The first kappa shape index (κ1) is 30.0. The Labute approximate surface area is 222 Å². The second kappa shape index (κ2) is 12.9. The molecule has 0 radical (unpaired) electrons. The third-order valence-electron chi connectivity index (χ3n) is 6.66. The van der Waals surface area contributed by atoms with Crippen molar-refractivity contribution in [3.8, 4) is 5.75 Å². The number of guanidine groups is 1. The highest BCUT2D eigenvalue weighted by molar-refractivity contribution is 5.97. The molecule has 4 rings (SSSR count). The maximum Gasteiger partial charge on any atom is 0.573 e. The van der Waals surface area contributed by atoms with Crippen molar-refractivity contribution in [1.29, 1.82) is 0 Å². The van der Waals surface area contributed by atoms with Gasteiger partial charge in [-0.15, -0.1) is 38.0 Å². The lowest BCUT2D eigenvalue weighted by Gasteiger charge is -2.39. The zero-order chi connectivity index (χ0) is 24.2. The van der Waals surface area contributed by atoms with Gasteiger partial charge in [0.15, 0.2) is 5.96 Å². The molecule has 0 saturated heterocycles. The Bertz CT molecular complexity index is 1020. The van der Waals surface area contributed by atoms with Crippen LogP contribution in [0.15, 0.2) is 53.5 Å². The number of anilines is 1. The van der Waals surface area contributed by atoms with E-state index in [0.717, 1.165) is 49.4 Å². The smallest absolute Gasteiger partial charge is 0.405 e. The van der Waals surface area contributed by atoms with Gasteiger partial charge in [0.05, 0.1) is 6.04 Å². The predicted molar refractivity (Wildman–Crippen MR) is 142 cm³/mol. The number of rotatable bonds is 7. The summed E-state index contributed by atoms with van der Waals surface area (Å²) in [7, 11) is 1.93. The summed E-state index contributed by atoms with van der Waals surface area (Å²) in [5, 5.41) is 13.6. The van der Waals surface area contributed by atoms with E-state index in [4.69, 9.17) is 4.99 Å². The molecule has 11 heteroatoms. The molecule has 0 spiro atoms. The fraction of sp³-hybridized carbons (Fsp3) is 0.480. The van der Waals surface area contributed by atoms with Gasteiger partial charge in [-0.05, 0) is 64.3 Å². The van der Waals surface area contributed by atoms with Gasteiger partial charge < -0.3 is 20.7 Å². The summed E-state index contributed by atoms with van der Waals surface area (Å²) in [6.45, 7) is 3.19. The highest BCUT2D eigenvalue weighted by atomic mass is 35.5. The molecule has 2 aromatic carbocycles. The number of ether oxygens (including phenoxy) is 1. The molecule has 1 aliphatic carbocycles. The number of para-hydroxylation sites is 2. The minimum absolute atomic E-state index is 0. The number of nitrogens with one attached hydrogen (secondary N) is 4. The fourth-order valence-corrected chi connectivity index (χ4v) is 4.70. The lowest BCUT2D eigenvalue weighted by atomic mass is 9.86. The monoisotopic (exact) mass is 547 g/mol. The quantitative estimate of drug-likeness (QED) is 0.366. The van der Waals surface area contributed by atoms with Gasteiger partial charge in [-0.3, -0.25) is 5.32 Å². The van der Waals surface area contributed by atoms with E-state index in [9.17, 15) is 13.2 Å². The highest BCUT2D eigenvalue weighted by Gasteiger charge is 2.34. The summed E-state index contributed by atoms with van der Waals surface area (Å²) >= 11 is 0. The zero-order valence-electron chi connectivity index (χ0n) is 20.3. The van der Waals surface area contributed by atoms with Gasteiger partial charge >= 0.3 is 6.36 Å². The molecule has 1 unspecified atom stereocenters. The minimum Gasteiger partial charge on any atom is -0.405 e. The Balaban J connectivity index is 0.00000228. The van der Waals surface area contributed by atoms with Crippen LogP contribution in [-0.2, 0) is 12.2 Å². The molecule has 1 fully saturated rings. The molecule has 36 heavy (non-hydrogen) atoms. The molecule has 0 amide bonds. The zero-order valence-corrected chi connectivity index (χ0v) is 22.0. The molecule has 2 aliphatic rings. The van der Waals surface area contributed by atoms with Crippen molar-refractivity contribution in [1.82, 2.24) is 16.0 Å². The Morgan fingerprint density at radius 2 is 1.69 bits per heavy atom. The summed E-state index contributed by atoms with van der Waals surface area (Å²) in [5.41, 5.74) is 2.30. The van der Waals surface area contributed by atoms with Gasteiger partial charge in [-0.1, -0.05) is 36.4 Å². The van der Waals surface area contributed by atoms with Crippen molar-refractivity contribution >= 4 is 36.5 Å². The third-order valence-corrected chi connectivity index (χ3v) is 6.66. The lowest BCUT2D eigenvalue weighted by molar-refractivity contribution is -0.274. The van der Waals surface area contributed by atoms with Crippen LogP contribution in [0.3, 0.4) is 0 Å². The van der Waals surface area contributed by atoms with Crippen LogP contribution in [-0.4, -0.2) is 32.0 Å². The SMILES string of the molecule is CNC1(C)NC(=NC2CCC(CNCc3ccccc3OC(F)(F)F)CC2)Nc2ccccc21.Cl.Cl. The summed E-state index contributed by atoms with van der Waals surface area (Å²) in [4.78, 5) is 4.96. The van der Waals surface area contributed by atoms with Crippen molar-refractivity contribution in [3.63, 3.8) is 0 Å². The number of benzene rings is 2. The lowest BCUT2D eigenvalue weighted by Crippen LogP contribution is -2.57. The van der Waals surface area contributed by atoms with Gasteiger partial charge in [0.1, 0.15) is 11.4 Å². The summed E-state index contributed by atoms with van der Waals surface area (Å²) in [6.07, 6.45) is -0.690. The van der Waals surface area contributed by atoms with Gasteiger partial charge in [0.2, 0.25) is 0 Å². The minimum atomic E-state index is -4.69. The van der Waals surface area contributed by atoms with Crippen LogP contribution in [0, 0.1) is 5.92 Å². The maximum atomic E-state index is 12.6. The van der Waals surface area contributed by atoms with Crippen LogP contribution in [0.25, 0.3) is 0 Å². The van der Waals surface area contributed by atoms with E-state index < -0.39 is 12.0 Å². The van der Waals surface area contributed by atoms with Crippen molar-refractivity contribution in [2.75, 3.05) is 18.9 Å². The van der Waals surface area contributed by atoms with Crippen LogP contribution in [0.5, 0.6) is 5.75 Å². The van der Waals surface area contributed by atoms with Crippen molar-refractivity contribution in [3.05, 3.63) is 59.7 Å². The van der Waals surface area contributed by atoms with Gasteiger partial charge in [0, 0.05) is 23.4 Å². The van der Waals surface area contributed by atoms with E-state index in [1.165, 1.54) is 6.07 Å². The molecule has 0 aromatic heterocycles. The van der Waals surface area contributed by atoms with Crippen LogP contribution in [0.2, 0.25) is 0 Å². The van der Waals surface area contributed by atoms with Crippen LogP contribution < -0.4 is 26.0 Å². The summed E-state index contributed by atoms with van der Waals surface area (Å²) < 4.78 is 42.0. The Morgan fingerprint density at radius 3 is 2.39 bits per heavy atom. The van der Waals surface area contributed by atoms with Crippen LogP contribution in [0.4, 0.5) is 18.9 Å².